The Labute approximate surface area is 162 Å². The molecular weight excluding hydrogens is 363 g/mol. The third kappa shape index (κ3) is 3.46. The van der Waals surface area contributed by atoms with Gasteiger partial charge < -0.3 is 9.80 Å². The normalized spacial score (nSPS) is 18.7. The summed E-state index contributed by atoms with van der Waals surface area (Å²) in [6.07, 6.45) is 1.47. The number of nitrogens with zero attached hydrogens (tertiary/aromatic N) is 2. The number of piperidine rings is 1. The summed E-state index contributed by atoms with van der Waals surface area (Å²) in [5.74, 6) is 0.386. The van der Waals surface area contributed by atoms with Crippen LogP contribution in [0.2, 0.25) is 0 Å². The van der Waals surface area contributed by atoms with Gasteiger partial charge >= 0.3 is 0 Å². The number of benzene rings is 2. The van der Waals surface area contributed by atoms with Gasteiger partial charge in [0.1, 0.15) is 5.82 Å². The summed E-state index contributed by atoms with van der Waals surface area (Å²) >= 11 is 1.78. The third-order valence-electron chi connectivity index (χ3n) is 5.35. The Bertz CT molecular complexity index is 850. The smallest absolute Gasteiger partial charge is 0.255 e. The van der Waals surface area contributed by atoms with E-state index in [1.165, 1.54) is 12.1 Å². The highest BCUT2D eigenvalue weighted by molar-refractivity contribution is 8.00. The molecule has 6 heteroatoms. The number of halogens is 1. The molecule has 0 aliphatic carbocycles. The van der Waals surface area contributed by atoms with Gasteiger partial charge in [0.2, 0.25) is 0 Å². The number of thioether (sulfide) groups is 1. The van der Waals surface area contributed by atoms with E-state index in [0.717, 1.165) is 18.6 Å². The van der Waals surface area contributed by atoms with E-state index in [-0.39, 0.29) is 16.7 Å². The van der Waals surface area contributed by atoms with Gasteiger partial charge in [-0.3, -0.25) is 9.59 Å². The molecule has 0 bridgehead atoms. The number of hydrogen-bond donors (Lipinski definition) is 0. The molecule has 4 nitrogen and oxygen atoms in total. The van der Waals surface area contributed by atoms with Crippen molar-refractivity contribution in [2.45, 2.75) is 17.7 Å². The van der Waals surface area contributed by atoms with Crippen LogP contribution in [0.15, 0.2) is 54.6 Å². The van der Waals surface area contributed by atoms with Gasteiger partial charge in [0, 0.05) is 36.5 Å². The maximum atomic E-state index is 13.5. The molecule has 2 aromatic rings. The molecule has 0 aromatic heterocycles. The Morgan fingerprint density at radius 1 is 0.889 bits per heavy atom. The molecule has 2 fully saturated rings. The first-order valence-corrected chi connectivity index (χ1v) is 10.1. The highest BCUT2D eigenvalue weighted by Crippen LogP contribution is 2.44. The van der Waals surface area contributed by atoms with Crippen LogP contribution in [0.25, 0.3) is 0 Å². The first-order chi connectivity index (χ1) is 13.1. The first-order valence-electron chi connectivity index (χ1n) is 9.15. The minimum absolute atomic E-state index is 0.0384. The van der Waals surface area contributed by atoms with Crippen LogP contribution in [0, 0.1) is 5.82 Å². The minimum Gasteiger partial charge on any atom is -0.338 e. The van der Waals surface area contributed by atoms with Gasteiger partial charge in [0.25, 0.3) is 11.8 Å². The molecular formula is C21H21FN2O2S. The van der Waals surface area contributed by atoms with Crippen LogP contribution in [-0.2, 0) is 0 Å². The number of carbonyl (C=O) groups excluding carboxylic acids is 2. The van der Waals surface area contributed by atoms with Crippen LogP contribution in [0.3, 0.4) is 0 Å². The van der Waals surface area contributed by atoms with Crippen LogP contribution in [-0.4, -0.2) is 51.9 Å². The highest BCUT2D eigenvalue weighted by atomic mass is 32.2. The minimum atomic E-state index is -0.398. The lowest BCUT2D eigenvalue weighted by Crippen LogP contribution is -2.53. The van der Waals surface area contributed by atoms with Crippen LogP contribution in [0.4, 0.5) is 4.39 Å². The lowest BCUT2D eigenvalue weighted by Gasteiger charge is -2.44. The number of hydrogen-bond acceptors (Lipinski definition) is 3. The zero-order valence-electron chi connectivity index (χ0n) is 14.9. The van der Waals surface area contributed by atoms with Gasteiger partial charge in [-0.15, -0.1) is 11.8 Å². The Kier molecular flexibility index (Phi) is 4.91. The van der Waals surface area contributed by atoms with Crippen molar-refractivity contribution in [1.29, 1.82) is 0 Å². The van der Waals surface area contributed by atoms with Crippen molar-refractivity contribution in [3.8, 4) is 0 Å². The van der Waals surface area contributed by atoms with Crippen molar-refractivity contribution >= 4 is 23.6 Å². The topological polar surface area (TPSA) is 40.6 Å². The fourth-order valence-electron chi connectivity index (χ4n) is 3.91. The van der Waals surface area contributed by atoms with Crippen molar-refractivity contribution in [3.05, 3.63) is 71.5 Å². The Hall–Kier alpha value is -2.34. The number of amides is 2. The second kappa shape index (κ2) is 7.35. The molecule has 0 N–H and O–H groups in total. The van der Waals surface area contributed by atoms with Crippen LogP contribution < -0.4 is 0 Å². The maximum Gasteiger partial charge on any atom is 0.255 e. The summed E-state index contributed by atoms with van der Waals surface area (Å²) in [4.78, 5) is 29.1. The number of rotatable bonds is 2. The molecule has 0 atom stereocenters. The van der Waals surface area contributed by atoms with E-state index in [2.05, 4.69) is 0 Å². The SMILES string of the molecule is O=C(c1ccccc1)N1CCC2(CC1)SCCN2C(=O)c1cccc(F)c1. The van der Waals surface area contributed by atoms with Crippen molar-refractivity contribution < 1.29 is 14.0 Å². The van der Waals surface area contributed by atoms with Gasteiger partial charge in [-0.2, -0.15) is 0 Å². The second-order valence-electron chi connectivity index (χ2n) is 6.92. The largest absolute Gasteiger partial charge is 0.338 e. The van der Waals surface area contributed by atoms with E-state index in [0.29, 0.717) is 30.8 Å². The maximum absolute atomic E-state index is 13.5. The molecule has 0 radical (unpaired) electrons. The molecule has 1 spiro atoms. The van der Waals surface area contributed by atoms with Crippen molar-refractivity contribution in [2.24, 2.45) is 0 Å². The van der Waals surface area contributed by atoms with E-state index in [1.807, 2.05) is 40.1 Å². The zero-order chi connectivity index (χ0) is 18.9. The van der Waals surface area contributed by atoms with Gasteiger partial charge in [-0.25, -0.2) is 4.39 Å². The van der Waals surface area contributed by atoms with Gasteiger partial charge in [-0.05, 0) is 43.2 Å². The fraction of sp³-hybridized carbons (Fsp3) is 0.333. The van der Waals surface area contributed by atoms with Crippen molar-refractivity contribution in [2.75, 3.05) is 25.4 Å². The number of likely N-dealkylation sites (tertiary alicyclic amines) is 1. The average molecular weight is 384 g/mol. The van der Waals surface area contributed by atoms with Crippen molar-refractivity contribution in [1.82, 2.24) is 9.80 Å². The monoisotopic (exact) mass is 384 g/mol. The second-order valence-corrected chi connectivity index (χ2v) is 8.38. The predicted octanol–water partition coefficient (Wildman–Crippen LogP) is 3.65. The quantitative estimate of drug-likeness (QED) is 0.794. The molecule has 2 aliphatic heterocycles. The highest BCUT2D eigenvalue weighted by Gasteiger charge is 2.47. The van der Waals surface area contributed by atoms with Crippen molar-refractivity contribution in [3.63, 3.8) is 0 Å². The van der Waals surface area contributed by atoms with Gasteiger partial charge in [-0.1, -0.05) is 24.3 Å². The van der Waals surface area contributed by atoms with Crippen LogP contribution in [0.1, 0.15) is 33.6 Å². The Morgan fingerprint density at radius 2 is 1.59 bits per heavy atom. The van der Waals surface area contributed by atoms with Crippen LogP contribution in [0.5, 0.6) is 0 Å². The molecule has 2 amide bonds. The number of carbonyl (C=O) groups is 2. The molecule has 2 saturated heterocycles. The molecule has 27 heavy (non-hydrogen) atoms. The summed E-state index contributed by atoms with van der Waals surface area (Å²) in [7, 11) is 0. The molecule has 2 aromatic carbocycles. The predicted molar refractivity (Wildman–Crippen MR) is 104 cm³/mol. The van der Waals surface area contributed by atoms with Gasteiger partial charge in [0.15, 0.2) is 0 Å². The molecule has 0 unspecified atom stereocenters. The molecule has 2 aliphatic rings. The summed E-state index contributed by atoms with van der Waals surface area (Å²) in [6, 6.07) is 15.2. The van der Waals surface area contributed by atoms with Gasteiger partial charge in [0.05, 0.1) is 4.87 Å². The summed E-state index contributed by atoms with van der Waals surface area (Å²) < 4.78 is 13.5. The summed E-state index contributed by atoms with van der Waals surface area (Å²) in [6.45, 7) is 1.90. The lowest BCUT2D eigenvalue weighted by molar-refractivity contribution is 0.0497. The first kappa shape index (κ1) is 18.0. The standard InChI is InChI=1S/C21H21FN2O2S/c22-18-8-4-7-17(15-18)20(26)24-13-14-27-21(24)9-11-23(12-10-21)19(25)16-5-2-1-3-6-16/h1-8,15H,9-14H2. The molecule has 2 heterocycles. The van der Waals surface area contributed by atoms with E-state index < -0.39 is 5.82 Å². The van der Waals surface area contributed by atoms with E-state index >= 15 is 0 Å². The summed E-state index contributed by atoms with van der Waals surface area (Å²) in [5, 5.41) is 0. The molecule has 140 valence electrons. The fourth-order valence-corrected chi connectivity index (χ4v) is 5.36. The zero-order valence-corrected chi connectivity index (χ0v) is 15.8. The molecule has 0 saturated carbocycles. The third-order valence-corrected chi connectivity index (χ3v) is 6.90. The lowest BCUT2D eigenvalue weighted by atomic mass is 10.00. The van der Waals surface area contributed by atoms with E-state index in [4.69, 9.17) is 0 Å². The van der Waals surface area contributed by atoms with E-state index in [1.54, 1.807) is 23.9 Å². The average Bonchev–Trinajstić information content (AvgIpc) is 3.11. The van der Waals surface area contributed by atoms with E-state index in [9.17, 15) is 14.0 Å². The Morgan fingerprint density at radius 3 is 2.30 bits per heavy atom. The summed E-state index contributed by atoms with van der Waals surface area (Å²) in [5.41, 5.74) is 1.08. The molecule has 4 rings (SSSR count). The van der Waals surface area contributed by atoms with Crippen LogP contribution >= 0.6 is 11.8 Å². The Balaban J connectivity index is 1.48.